The lowest BCUT2D eigenvalue weighted by atomic mass is 10.1. The fraction of sp³-hybridized carbons (Fsp3) is 0.348. The molecule has 4 nitrogen and oxygen atoms in total. The highest BCUT2D eigenvalue weighted by Crippen LogP contribution is 2.24. The molecule has 0 aliphatic heterocycles. The van der Waals surface area contributed by atoms with E-state index in [1.165, 1.54) is 120 Å². The molecule has 2 N–H and O–H groups in total. The van der Waals surface area contributed by atoms with Gasteiger partial charge in [-0.2, -0.15) is 9.13 Å². The number of benzene rings is 4. The van der Waals surface area contributed by atoms with E-state index < -0.39 is 0 Å². The average Bonchev–Trinajstić information content (AvgIpc) is 3.15. The van der Waals surface area contributed by atoms with Crippen molar-refractivity contribution in [1.29, 1.82) is 0 Å². The third-order valence-electron chi connectivity index (χ3n) is 10.1. The third-order valence-corrected chi connectivity index (χ3v) is 10.1. The van der Waals surface area contributed by atoms with Crippen molar-refractivity contribution in [3.8, 4) is 0 Å². The number of anilines is 2. The van der Waals surface area contributed by atoms with Gasteiger partial charge in [0.15, 0.2) is 24.5 Å². The molecular weight excluding hydrogens is 768 g/mol. The summed E-state index contributed by atoms with van der Waals surface area (Å²) in [7, 11) is 0. The number of nitrogens with zero attached hydrogens (tertiary/aromatic N) is 2. The highest BCUT2D eigenvalue weighted by atomic mass is 79.9. The summed E-state index contributed by atoms with van der Waals surface area (Å²) in [4.78, 5) is 0. The summed E-state index contributed by atoms with van der Waals surface area (Å²) >= 11 is 0. The van der Waals surface area contributed by atoms with Crippen molar-refractivity contribution < 1.29 is 43.1 Å². The van der Waals surface area contributed by atoms with E-state index in [2.05, 4.69) is 155 Å². The maximum atomic E-state index is 3.77. The fourth-order valence-electron chi connectivity index (χ4n) is 7.34. The number of aryl methyl sites for hydroxylation is 2. The molecule has 52 heavy (non-hydrogen) atoms. The monoisotopic (exact) mass is 822 g/mol. The number of para-hydroxylation sites is 2. The molecule has 2 aromatic heterocycles. The lowest BCUT2D eigenvalue weighted by Crippen LogP contribution is -3.00. The Kier molecular flexibility index (Phi) is 17.1. The number of rotatable bonds is 19. The van der Waals surface area contributed by atoms with Crippen molar-refractivity contribution in [2.75, 3.05) is 23.7 Å². The van der Waals surface area contributed by atoms with Crippen LogP contribution in [0.25, 0.3) is 21.8 Å². The van der Waals surface area contributed by atoms with E-state index in [0.29, 0.717) is 0 Å². The van der Waals surface area contributed by atoms with Gasteiger partial charge >= 0.3 is 0 Å². The van der Waals surface area contributed by atoms with Gasteiger partial charge in [0, 0.05) is 62.3 Å². The topological polar surface area (TPSA) is 31.8 Å². The van der Waals surface area contributed by atoms with E-state index in [1.54, 1.807) is 0 Å². The molecular formula is C46H56Br2N4. The summed E-state index contributed by atoms with van der Waals surface area (Å²) in [6.45, 7) is 8.32. The number of aromatic nitrogens is 2. The second kappa shape index (κ2) is 21.7. The maximum Gasteiger partial charge on any atom is 0.215 e. The molecule has 0 saturated carbocycles. The minimum atomic E-state index is 0. The van der Waals surface area contributed by atoms with Crippen LogP contribution in [0.2, 0.25) is 0 Å². The molecule has 0 spiro atoms. The number of fused-ring (bicyclic) bond motifs is 2. The zero-order chi connectivity index (χ0) is 34.4. The summed E-state index contributed by atoms with van der Waals surface area (Å²) in [5.74, 6) is 0. The molecule has 6 rings (SSSR count). The number of unbranched alkanes of at least 4 members (excludes halogenated alkanes) is 9. The predicted molar refractivity (Wildman–Crippen MR) is 212 cm³/mol. The number of nitrogens with one attached hydrogen (secondary N) is 2. The van der Waals surface area contributed by atoms with Crippen LogP contribution in [0, 0.1) is 13.8 Å². The molecule has 0 aliphatic carbocycles. The fourth-order valence-corrected chi connectivity index (χ4v) is 7.34. The highest BCUT2D eigenvalue weighted by Gasteiger charge is 2.18. The van der Waals surface area contributed by atoms with Crippen molar-refractivity contribution in [3.05, 3.63) is 144 Å². The zero-order valence-electron chi connectivity index (χ0n) is 31.1. The third kappa shape index (κ3) is 11.4. The van der Waals surface area contributed by atoms with Gasteiger partial charge in [0.05, 0.1) is 22.1 Å². The van der Waals surface area contributed by atoms with Crippen molar-refractivity contribution in [1.82, 2.24) is 0 Å². The maximum absolute atomic E-state index is 3.77. The normalized spacial score (nSPS) is 10.9. The molecule has 0 amide bonds. The van der Waals surface area contributed by atoms with Gasteiger partial charge in [-0.3, -0.25) is 0 Å². The summed E-state index contributed by atoms with van der Waals surface area (Å²) in [5, 5.41) is 10.1. The Morgan fingerprint density at radius 1 is 0.404 bits per heavy atom. The second-order valence-corrected chi connectivity index (χ2v) is 14.0. The number of hydrogen-bond donors (Lipinski definition) is 2. The van der Waals surface area contributed by atoms with E-state index in [9.17, 15) is 0 Å². The predicted octanol–water partition coefficient (Wildman–Crippen LogP) is 4.71. The number of pyridine rings is 2. The van der Waals surface area contributed by atoms with Crippen molar-refractivity contribution in [2.24, 2.45) is 0 Å². The molecule has 0 unspecified atom stereocenters. The minimum absolute atomic E-state index is 0. The van der Waals surface area contributed by atoms with Crippen LogP contribution in [0.3, 0.4) is 0 Å². The van der Waals surface area contributed by atoms with Crippen LogP contribution in [0.15, 0.2) is 121 Å². The van der Waals surface area contributed by atoms with Gasteiger partial charge in [-0.15, -0.1) is 0 Å². The Morgan fingerprint density at radius 3 is 1.12 bits per heavy atom. The van der Waals surface area contributed by atoms with E-state index in [-0.39, 0.29) is 34.0 Å². The van der Waals surface area contributed by atoms with Crippen molar-refractivity contribution >= 4 is 33.2 Å². The Bertz CT molecular complexity index is 1800. The Labute approximate surface area is 333 Å². The number of hydrogen-bond acceptors (Lipinski definition) is 2. The average molecular weight is 825 g/mol. The van der Waals surface area contributed by atoms with Crippen LogP contribution >= 0.6 is 0 Å². The van der Waals surface area contributed by atoms with E-state index in [4.69, 9.17) is 0 Å². The second-order valence-electron chi connectivity index (χ2n) is 14.0. The molecule has 0 fully saturated rings. The summed E-state index contributed by atoms with van der Waals surface area (Å²) in [6, 6.07) is 43.8. The van der Waals surface area contributed by atoms with Crippen LogP contribution < -0.4 is 53.7 Å². The van der Waals surface area contributed by atoms with E-state index in [1.807, 2.05) is 0 Å². The molecule has 6 heteroatoms. The van der Waals surface area contributed by atoms with Crippen LogP contribution in [0.4, 0.5) is 11.4 Å². The van der Waals surface area contributed by atoms with Gasteiger partial charge in [0.2, 0.25) is 11.0 Å². The molecule has 6 aromatic rings. The molecule has 0 atom stereocenters. The smallest absolute Gasteiger partial charge is 0.215 e. The first-order valence-corrected chi connectivity index (χ1v) is 19.1. The lowest BCUT2D eigenvalue weighted by Gasteiger charge is -2.12. The Hall–Kier alpha value is -3.74. The van der Waals surface area contributed by atoms with E-state index >= 15 is 0 Å². The largest absolute Gasteiger partial charge is 1.00 e. The first-order chi connectivity index (χ1) is 24.7. The minimum Gasteiger partial charge on any atom is -1.00 e. The van der Waals surface area contributed by atoms with Crippen molar-refractivity contribution in [2.45, 2.75) is 91.1 Å². The number of halogens is 2. The SMILES string of the molecule is Cc1cc(NCCCCCCCCCCCCNc2cc(C)[n+](Cc3ccccc3)c3ccccc23)c2ccccc2[n+]1Cc1ccccc1.[Br-].[Br-]. The first-order valence-electron chi connectivity index (χ1n) is 19.1. The zero-order valence-corrected chi connectivity index (χ0v) is 34.3. The molecule has 274 valence electrons. The molecule has 0 saturated heterocycles. The first kappa shape index (κ1) is 41.0. The Morgan fingerprint density at radius 2 is 0.731 bits per heavy atom. The van der Waals surface area contributed by atoms with Crippen LogP contribution in [0.5, 0.6) is 0 Å². The van der Waals surface area contributed by atoms with Crippen LogP contribution in [-0.2, 0) is 13.1 Å². The summed E-state index contributed by atoms with van der Waals surface area (Å²) < 4.78 is 4.86. The summed E-state index contributed by atoms with van der Waals surface area (Å²) in [6.07, 6.45) is 13.2. The van der Waals surface area contributed by atoms with Gasteiger partial charge < -0.3 is 44.6 Å². The van der Waals surface area contributed by atoms with Gasteiger partial charge in [-0.05, 0) is 25.0 Å². The van der Waals surface area contributed by atoms with Crippen LogP contribution in [0.1, 0.15) is 86.7 Å². The van der Waals surface area contributed by atoms with E-state index in [0.717, 1.165) is 26.2 Å². The van der Waals surface area contributed by atoms with Crippen molar-refractivity contribution in [3.63, 3.8) is 0 Å². The van der Waals surface area contributed by atoms with Gasteiger partial charge in [0.25, 0.3) is 0 Å². The molecule has 0 aliphatic rings. The van der Waals surface area contributed by atoms with Gasteiger partial charge in [-0.1, -0.05) is 136 Å². The Balaban J connectivity index is 0.00000302. The summed E-state index contributed by atoms with van der Waals surface area (Å²) in [5.41, 5.74) is 10.4. The standard InChI is InChI=1S/C46H54N4.2BrH/c1-37-33-43(41-27-17-19-29-45(41)49(37)35-39-23-13-11-14-24-39)47-31-21-9-7-5-3-4-6-8-10-22-32-48-44-34-38(2)50(36-40-25-15-12-16-26-40)46-30-20-18-28-42(44)46;;/h11-20,23-30,33-34H,3-10,21-22,31-32,35-36H2,1-2H3;2*1H. The molecule has 4 aromatic carbocycles. The van der Waals surface area contributed by atoms with Gasteiger partial charge in [0.1, 0.15) is 0 Å². The van der Waals surface area contributed by atoms with Gasteiger partial charge in [-0.25, -0.2) is 0 Å². The lowest BCUT2D eigenvalue weighted by molar-refractivity contribution is -0.668. The highest BCUT2D eigenvalue weighted by molar-refractivity contribution is 5.90. The molecule has 0 radical (unpaired) electrons. The molecule has 2 heterocycles. The van der Waals surface area contributed by atoms with Crippen LogP contribution in [-0.4, -0.2) is 13.1 Å². The quantitative estimate of drug-likeness (QED) is 0.0918. The molecule has 0 bridgehead atoms.